The summed E-state index contributed by atoms with van der Waals surface area (Å²) >= 11 is 0. The third-order valence-electron chi connectivity index (χ3n) is 7.39. The Labute approximate surface area is 247 Å². The van der Waals surface area contributed by atoms with E-state index in [9.17, 15) is 0 Å². The van der Waals surface area contributed by atoms with Crippen LogP contribution in [0.4, 0.5) is 0 Å². The zero-order chi connectivity index (χ0) is 28.6. The van der Waals surface area contributed by atoms with Crippen LogP contribution in [-0.2, 0) is 0 Å². The molecule has 0 bridgehead atoms. The second kappa shape index (κ2) is 10.4. The first-order chi connectivity index (χ1) is 21.3. The van der Waals surface area contributed by atoms with Crippen LogP contribution < -0.4 is 0 Å². The van der Waals surface area contributed by atoms with Gasteiger partial charge in [0.2, 0.25) is 5.71 Å². The van der Waals surface area contributed by atoms with E-state index >= 15 is 0 Å². The summed E-state index contributed by atoms with van der Waals surface area (Å²) in [7, 11) is 0. The van der Waals surface area contributed by atoms with Crippen LogP contribution >= 0.6 is 0 Å². The Hall–Kier alpha value is -6.01. The molecule has 6 heteroatoms. The Balaban J connectivity index is 1.24. The first kappa shape index (κ1) is 24.8. The topological polar surface area (TPSA) is 77.6 Å². The SMILES string of the molecule is c1ccc(-c2nc(-c3ccccc3)nc(-c3ccc(-c4nc(-c5ccccc5)c5c(n4)oc4ccccc45)cc3)n2)cc1. The molecule has 3 aromatic heterocycles. The average Bonchev–Trinajstić information content (AvgIpc) is 3.47. The third-order valence-corrected chi connectivity index (χ3v) is 7.39. The van der Waals surface area contributed by atoms with Gasteiger partial charge in [-0.3, -0.25) is 0 Å². The van der Waals surface area contributed by atoms with Crippen LogP contribution in [0.5, 0.6) is 0 Å². The van der Waals surface area contributed by atoms with Gasteiger partial charge in [0.1, 0.15) is 5.58 Å². The van der Waals surface area contributed by atoms with Crippen LogP contribution in [-0.4, -0.2) is 24.9 Å². The smallest absolute Gasteiger partial charge is 0.231 e. The average molecular weight is 554 g/mol. The van der Waals surface area contributed by atoms with Gasteiger partial charge in [-0.15, -0.1) is 0 Å². The molecule has 0 radical (unpaired) electrons. The molecule has 43 heavy (non-hydrogen) atoms. The maximum atomic E-state index is 6.20. The number of hydrogen-bond donors (Lipinski definition) is 0. The summed E-state index contributed by atoms with van der Waals surface area (Å²) in [6, 6.07) is 46.1. The highest BCUT2D eigenvalue weighted by Crippen LogP contribution is 2.36. The highest BCUT2D eigenvalue weighted by molar-refractivity contribution is 6.10. The van der Waals surface area contributed by atoms with Crippen LogP contribution in [0.2, 0.25) is 0 Å². The molecular formula is C37H23N5O. The molecule has 0 aliphatic carbocycles. The molecular weight excluding hydrogens is 530 g/mol. The molecule has 3 heterocycles. The van der Waals surface area contributed by atoms with Gasteiger partial charge in [-0.25, -0.2) is 19.9 Å². The lowest BCUT2D eigenvalue weighted by Gasteiger charge is -2.09. The zero-order valence-electron chi connectivity index (χ0n) is 22.9. The molecule has 5 aromatic carbocycles. The van der Waals surface area contributed by atoms with E-state index in [0.717, 1.165) is 49.9 Å². The lowest BCUT2D eigenvalue weighted by Crippen LogP contribution is -2.00. The summed E-state index contributed by atoms with van der Waals surface area (Å²) in [4.78, 5) is 24.4. The second-order valence-corrected chi connectivity index (χ2v) is 10.2. The summed E-state index contributed by atoms with van der Waals surface area (Å²) in [6.45, 7) is 0. The number of rotatable bonds is 5. The first-order valence-corrected chi connectivity index (χ1v) is 14.0. The van der Waals surface area contributed by atoms with E-state index in [1.165, 1.54) is 0 Å². The monoisotopic (exact) mass is 553 g/mol. The van der Waals surface area contributed by atoms with Crippen LogP contribution in [0.3, 0.4) is 0 Å². The highest BCUT2D eigenvalue weighted by Gasteiger charge is 2.18. The molecule has 0 fully saturated rings. The van der Waals surface area contributed by atoms with E-state index in [-0.39, 0.29) is 0 Å². The van der Waals surface area contributed by atoms with Crippen LogP contribution in [0, 0.1) is 0 Å². The summed E-state index contributed by atoms with van der Waals surface area (Å²) < 4.78 is 6.20. The van der Waals surface area contributed by atoms with Crippen LogP contribution in [0.25, 0.3) is 78.9 Å². The fourth-order valence-electron chi connectivity index (χ4n) is 5.26. The van der Waals surface area contributed by atoms with Crippen molar-refractivity contribution < 1.29 is 4.42 Å². The fraction of sp³-hybridized carbons (Fsp3) is 0. The second-order valence-electron chi connectivity index (χ2n) is 10.2. The van der Waals surface area contributed by atoms with Crippen molar-refractivity contribution >= 4 is 22.1 Å². The van der Waals surface area contributed by atoms with E-state index in [2.05, 4.69) is 12.1 Å². The van der Waals surface area contributed by atoms with E-state index in [1.54, 1.807) is 0 Å². The maximum Gasteiger partial charge on any atom is 0.231 e. The van der Waals surface area contributed by atoms with Crippen molar-refractivity contribution in [2.45, 2.75) is 0 Å². The van der Waals surface area contributed by atoms with Crippen LogP contribution in [0.1, 0.15) is 0 Å². The number of benzene rings is 5. The normalized spacial score (nSPS) is 11.3. The van der Waals surface area contributed by atoms with Gasteiger partial charge in [0.25, 0.3) is 0 Å². The molecule has 0 unspecified atom stereocenters. The van der Waals surface area contributed by atoms with Gasteiger partial charge < -0.3 is 4.42 Å². The van der Waals surface area contributed by atoms with E-state index < -0.39 is 0 Å². The van der Waals surface area contributed by atoms with Gasteiger partial charge in [-0.2, -0.15) is 4.98 Å². The standard InChI is InChI=1S/C37H23N5O/c1-4-12-24(13-5-1)32-31-29-18-10-11-19-30(29)43-37(31)42-33(38-32)27-20-22-28(23-21-27)36-40-34(25-14-6-2-7-15-25)39-35(41-36)26-16-8-3-9-17-26/h1-23H. The summed E-state index contributed by atoms with van der Waals surface area (Å²) in [5.74, 6) is 2.43. The molecule has 0 aliphatic rings. The lowest BCUT2D eigenvalue weighted by molar-refractivity contribution is 0.653. The van der Waals surface area contributed by atoms with Gasteiger partial charge in [-0.05, 0) is 6.07 Å². The van der Waals surface area contributed by atoms with Gasteiger partial charge in [0.05, 0.1) is 11.1 Å². The number of fused-ring (bicyclic) bond motifs is 3. The van der Waals surface area contributed by atoms with E-state index in [4.69, 9.17) is 29.3 Å². The number of nitrogens with zero attached hydrogens (tertiary/aromatic N) is 5. The molecule has 0 N–H and O–H groups in total. The quantitative estimate of drug-likeness (QED) is 0.212. The first-order valence-electron chi connectivity index (χ1n) is 14.0. The Kier molecular flexibility index (Phi) is 6.01. The van der Waals surface area contributed by atoms with Gasteiger partial charge in [0, 0.05) is 33.2 Å². The summed E-state index contributed by atoms with van der Waals surface area (Å²) in [6.07, 6.45) is 0. The summed E-state index contributed by atoms with van der Waals surface area (Å²) in [5.41, 5.74) is 6.79. The maximum absolute atomic E-state index is 6.20. The molecule has 0 aliphatic heterocycles. The number of furan rings is 1. The molecule has 8 aromatic rings. The Morgan fingerprint density at radius 1 is 0.349 bits per heavy atom. The van der Waals surface area contributed by atoms with Crippen molar-refractivity contribution in [1.82, 2.24) is 24.9 Å². The van der Waals surface area contributed by atoms with Crippen molar-refractivity contribution in [2.75, 3.05) is 0 Å². The number of aromatic nitrogens is 5. The number of para-hydroxylation sites is 1. The minimum atomic E-state index is 0.562. The lowest BCUT2D eigenvalue weighted by atomic mass is 10.1. The zero-order valence-corrected chi connectivity index (χ0v) is 22.9. The Morgan fingerprint density at radius 2 is 0.767 bits per heavy atom. The molecule has 8 rings (SSSR count). The molecule has 0 atom stereocenters. The Bertz CT molecular complexity index is 2150. The van der Waals surface area contributed by atoms with Crippen LogP contribution in [0.15, 0.2) is 144 Å². The van der Waals surface area contributed by atoms with Crippen molar-refractivity contribution in [3.05, 3.63) is 140 Å². The predicted molar refractivity (Wildman–Crippen MR) is 170 cm³/mol. The summed E-state index contributed by atoms with van der Waals surface area (Å²) in [5, 5.41) is 1.91. The molecule has 0 spiro atoms. The van der Waals surface area contributed by atoms with Crippen molar-refractivity contribution in [3.8, 4) is 56.8 Å². The molecule has 202 valence electrons. The fourth-order valence-corrected chi connectivity index (χ4v) is 5.26. The van der Waals surface area contributed by atoms with Crippen molar-refractivity contribution in [2.24, 2.45) is 0 Å². The molecule has 6 nitrogen and oxygen atoms in total. The predicted octanol–water partition coefficient (Wildman–Crippen LogP) is 8.90. The van der Waals surface area contributed by atoms with E-state index in [0.29, 0.717) is 29.0 Å². The van der Waals surface area contributed by atoms with Gasteiger partial charge >= 0.3 is 0 Å². The number of hydrogen-bond acceptors (Lipinski definition) is 6. The molecule has 0 saturated heterocycles. The Morgan fingerprint density at radius 3 is 1.30 bits per heavy atom. The van der Waals surface area contributed by atoms with Gasteiger partial charge in [-0.1, -0.05) is 133 Å². The van der Waals surface area contributed by atoms with Crippen molar-refractivity contribution in [1.29, 1.82) is 0 Å². The van der Waals surface area contributed by atoms with E-state index in [1.807, 2.05) is 127 Å². The van der Waals surface area contributed by atoms with Gasteiger partial charge in [0.15, 0.2) is 23.3 Å². The highest BCUT2D eigenvalue weighted by atomic mass is 16.3. The minimum Gasteiger partial charge on any atom is -0.438 e. The largest absolute Gasteiger partial charge is 0.438 e. The minimum absolute atomic E-state index is 0.562. The molecule has 0 saturated carbocycles. The third kappa shape index (κ3) is 4.61. The van der Waals surface area contributed by atoms with Crippen molar-refractivity contribution in [3.63, 3.8) is 0 Å². The molecule has 0 amide bonds.